The van der Waals surface area contributed by atoms with Crippen molar-refractivity contribution in [3.05, 3.63) is 64.8 Å². The first-order valence-corrected chi connectivity index (χ1v) is 9.73. The fourth-order valence-electron chi connectivity index (χ4n) is 3.18. The molecule has 0 atom stereocenters. The third-order valence-corrected chi connectivity index (χ3v) is 4.65. The molecule has 0 saturated carbocycles. The number of halogens is 6. The van der Waals surface area contributed by atoms with Crippen LogP contribution in [0, 0.1) is 12.3 Å². The predicted octanol–water partition coefficient (Wildman–Crippen LogP) is 5.33. The SMILES string of the molecule is C#CCn1cc(C=NOCC(=O)O)c2cc(OCc3cc(C(F)(F)F)cc(C(F)(F)F)c3)ccc21. The monoisotopic (exact) mass is 498 g/mol. The molecule has 3 rings (SSSR count). The Labute approximate surface area is 194 Å². The van der Waals surface area contributed by atoms with Gasteiger partial charge in [0.25, 0.3) is 0 Å². The van der Waals surface area contributed by atoms with E-state index in [1.54, 1.807) is 16.8 Å². The Morgan fingerprint density at radius 2 is 1.74 bits per heavy atom. The molecule has 0 saturated heterocycles. The van der Waals surface area contributed by atoms with Crippen LogP contribution in [-0.4, -0.2) is 28.5 Å². The molecule has 0 fully saturated rings. The first-order valence-electron chi connectivity index (χ1n) is 9.73. The van der Waals surface area contributed by atoms with Crippen molar-refractivity contribution in [2.45, 2.75) is 25.5 Å². The minimum absolute atomic E-state index is 0.0435. The fraction of sp³-hybridized carbons (Fsp3) is 0.217. The van der Waals surface area contributed by atoms with Crippen molar-refractivity contribution in [2.75, 3.05) is 6.61 Å². The van der Waals surface area contributed by atoms with Crippen molar-refractivity contribution >= 4 is 23.1 Å². The van der Waals surface area contributed by atoms with Crippen molar-refractivity contribution in [1.82, 2.24) is 4.57 Å². The van der Waals surface area contributed by atoms with Crippen LogP contribution >= 0.6 is 0 Å². The molecule has 184 valence electrons. The van der Waals surface area contributed by atoms with Crippen molar-refractivity contribution in [3.8, 4) is 18.1 Å². The number of fused-ring (bicyclic) bond motifs is 1. The van der Waals surface area contributed by atoms with Gasteiger partial charge in [-0.05, 0) is 42.0 Å². The number of ether oxygens (including phenoxy) is 1. The fourth-order valence-corrected chi connectivity index (χ4v) is 3.18. The van der Waals surface area contributed by atoms with Gasteiger partial charge in [-0.2, -0.15) is 26.3 Å². The lowest BCUT2D eigenvalue weighted by Crippen LogP contribution is -2.12. The number of rotatable bonds is 8. The van der Waals surface area contributed by atoms with Gasteiger partial charge in [0.05, 0.1) is 23.9 Å². The van der Waals surface area contributed by atoms with E-state index in [2.05, 4.69) is 15.9 Å². The molecule has 0 aliphatic rings. The summed E-state index contributed by atoms with van der Waals surface area (Å²) in [5, 5.41) is 12.7. The number of oxime groups is 1. The van der Waals surface area contributed by atoms with Gasteiger partial charge in [0.1, 0.15) is 12.4 Å². The Hall–Kier alpha value is -4.14. The lowest BCUT2D eigenvalue weighted by atomic mass is 10.1. The third-order valence-electron chi connectivity index (χ3n) is 4.65. The van der Waals surface area contributed by atoms with Crippen LogP contribution in [0.3, 0.4) is 0 Å². The summed E-state index contributed by atoms with van der Waals surface area (Å²) in [5.74, 6) is 1.39. The zero-order valence-corrected chi connectivity index (χ0v) is 17.7. The highest BCUT2D eigenvalue weighted by Crippen LogP contribution is 2.36. The Morgan fingerprint density at radius 1 is 1.09 bits per heavy atom. The van der Waals surface area contributed by atoms with E-state index in [0.717, 1.165) is 0 Å². The average molecular weight is 498 g/mol. The molecule has 35 heavy (non-hydrogen) atoms. The van der Waals surface area contributed by atoms with E-state index in [-0.39, 0.29) is 23.9 Å². The molecule has 0 bridgehead atoms. The first kappa shape index (κ1) is 25.5. The lowest BCUT2D eigenvalue weighted by Gasteiger charge is -2.15. The number of benzene rings is 2. The molecule has 0 radical (unpaired) electrons. The molecule has 1 heterocycles. The van der Waals surface area contributed by atoms with Crippen LogP contribution in [0.4, 0.5) is 26.3 Å². The third kappa shape index (κ3) is 6.47. The molecule has 12 heteroatoms. The number of hydrogen-bond acceptors (Lipinski definition) is 4. The van der Waals surface area contributed by atoms with E-state index in [9.17, 15) is 31.1 Å². The van der Waals surface area contributed by atoms with Gasteiger partial charge in [-0.3, -0.25) is 0 Å². The van der Waals surface area contributed by atoms with Crippen molar-refractivity contribution in [2.24, 2.45) is 5.16 Å². The van der Waals surface area contributed by atoms with Gasteiger partial charge >= 0.3 is 18.3 Å². The molecule has 0 aliphatic heterocycles. The predicted molar refractivity (Wildman–Crippen MR) is 113 cm³/mol. The molecule has 1 aromatic heterocycles. The van der Waals surface area contributed by atoms with Crippen LogP contribution in [0.5, 0.6) is 5.75 Å². The Morgan fingerprint density at radius 3 is 2.31 bits per heavy atom. The maximum absolute atomic E-state index is 13.1. The quantitative estimate of drug-likeness (QED) is 0.197. The second-order valence-electron chi connectivity index (χ2n) is 7.20. The van der Waals surface area contributed by atoms with Crippen molar-refractivity contribution in [1.29, 1.82) is 0 Å². The van der Waals surface area contributed by atoms with Gasteiger partial charge in [-0.1, -0.05) is 11.1 Å². The average Bonchev–Trinajstić information content (AvgIpc) is 3.11. The largest absolute Gasteiger partial charge is 0.489 e. The van der Waals surface area contributed by atoms with Gasteiger partial charge in [-0.15, -0.1) is 6.42 Å². The summed E-state index contributed by atoms with van der Waals surface area (Å²) in [6.07, 6.45) is -1.71. The van der Waals surface area contributed by atoms with Crippen molar-refractivity contribution in [3.63, 3.8) is 0 Å². The van der Waals surface area contributed by atoms with Crippen LogP contribution in [0.15, 0.2) is 47.8 Å². The number of terminal acetylenes is 1. The van der Waals surface area contributed by atoms with Crippen LogP contribution in [0.1, 0.15) is 22.3 Å². The molecule has 0 spiro atoms. The van der Waals surface area contributed by atoms with E-state index in [1.165, 1.54) is 18.3 Å². The highest BCUT2D eigenvalue weighted by molar-refractivity contribution is 6.00. The second-order valence-corrected chi connectivity index (χ2v) is 7.20. The molecular formula is C23H16F6N2O4. The summed E-state index contributed by atoms with van der Waals surface area (Å²) in [7, 11) is 0. The van der Waals surface area contributed by atoms with Gasteiger partial charge in [0.15, 0.2) is 0 Å². The van der Waals surface area contributed by atoms with Crippen LogP contribution < -0.4 is 4.74 Å². The normalized spacial score (nSPS) is 12.1. The summed E-state index contributed by atoms with van der Waals surface area (Å²) in [6.45, 7) is -1.04. The Kier molecular flexibility index (Phi) is 7.28. The van der Waals surface area contributed by atoms with Crippen LogP contribution in [0.2, 0.25) is 0 Å². The summed E-state index contributed by atoms with van der Waals surface area (Å²) in [6, 6.07) is 5.81. The summed E-state index contributed by atoms with van der Waals surface area (Å²) < 4.78 is 85.6. The summed E-state index contributed by atoms with van der Waals surface area (Å²) >= 11 is 0. The number of aromatic nitrogens is 1. The molecule has 0 unspecified atom stereocenters. The standard InChI is InChI=1S/C23H16F6N2O4/c1-2-5-31-11-15(10-30-35-13-21(32)33)19-9-18(3-4-20(19)31)34-12-14-6-16(22(24,25)26)8-17(7-14)23(27,28)29/h1,3-4,6-11H,5,12-13H2,(H,32,33). The minimum atomic E-state index is -4.97. The zero-order valence-electron chi connectivity index (χ0n) is 17.7. The van der Waals surface area contributed by atoms with Gasteiger partial charge < -0.3 is 19.2 Å². The van der Waals surface area contributed by atoms with Crippen molar-refractivity contribution < 1.29 is 45.8 Å². The maximum atomic E-state index is 13.1. The number of alkyl halides is 6. The van der Waals surface area contributed by atoms with E-state index in [1.807, 2.05) is 0 Å². The lowest BCUT2D eigenvalue weighted by molar-refractivity contribution is -0.144. The first-order chi connectivity index (χ1) is 16.4. The number of hydrogen-bond donors (Lipinski definition) is 1. The zero-order chi connectivity index (χ0) is 25.8. The van der Waals surface area contributed by atoms with E-state index >= 15 is 0 Å². The van der Waals surface area contributed by atoms with E-state index < -0.39 is 42.7 Å². The molecule has 1 N–H and O–H groups in total. The Balaban J connectivity index is 1.90. The van der Waals surface area contributed by atoms with Gasteiger partial charge in [-0.25, -0.2) is 4.79 Å². The highest BCUT2D eigenvalue weighted by atomic mass is 19.4. The minimum Gasteiger partial charge on any atom is -0.489 e. The number of carboxylic acid groups (broad SMARTS) is 1. The number of nitrogens with zero attached hydrogens (tertiary/aromatic N) is 2. The second kappa shape index (κ2) is 10.0. The molecule has 3 aromatic rings. The topological polar surface area (TPSA) is 73.1 Å². The number of carbonyl (C=O) groups is 1. The summed E-state index contributed by atoms with van der Waals surface area (Å²) in [4.78, 5) is 15.2. The molecular weight excluding hydrogens is 482 g/mol. The van der Waals surface area contributed by atoms with E-state index in [4.69, 9.17) is 16.3 Å². The molecule has 0 aliphatic carbocycles. The van der Waals surface area contributed by atoms with E-state index in [0.29, 0.717) is 28.6 Å². The molecule has 2 aromatic carbocycles. The number of carboxylic acids is 1. The van der Waals surface area contributed by atoms with Gasteiger partial charge in [0, 0.05) is 22.7 Å². The summed E-state index contributed by atoms with van der Waals surface area (Å²) in [5.41, 5.74) is -2.10. The molecule has 0 amide bonds. The molecule has 6 nitrogen and oxygen atoms in total. The maximum Gasteiger partial charge on any atom is 0.416 e. The highest BCUT2D eigenvalue weighted by Gasteiger charge is 2.36. The Bertz CT molecular complexity index is 1270. The van der Waals surface area contributed by atoms with Crippen LogP contribution in [0.25, 0.3) is 10.9 Å². The smallest absolute Gasteiger partial charge is 0.416 e. The van der Waals surface area contributed by atoms with Crippen LogP contribution in [-0.2, 0) is 35.1 Å². The number of aliphatic carboxylic acids is 1. The van der Waals surface area contributed by atoms with Gasteiger partial charge in [0.2, 0.25) is 6.61 Å².